The molecular weight excluding hydrogens is 320 g/mol. The van der Waals surface area contributed by atoms with E-state index < -0.39 is 6.10 Å². The van der Waals surface area contributed by atoms with Gasteiger partial charge in [0.05, 0.1) is 6.04 Å². The second-order valence-electron chi connectivity index (χ2n) is 6.42. The van der Waals surface area contributed by atoms with Gasteiger partial charge in [0, 0.05) is 32.6 Å². The highest BCUT2D eigenvalue weighted by Gasteiger charge is 2.28. The summed E-state index contributed by atoms with van der Waals surface area (Å²) in [4.78, 5) is 20.3. The lowest BCUT2D eigenvalue weighted by Gasteiger charge is -2.37. The van der Waals surface area contributed by atoms with Crippen LogP contribution in [0.25, 0.3) is 0 Å². The molecule has 0 bridgehead atoms. The minimum Gasteiger partial charge on any atom is -0.384 e. The lowest BCUT2D eigenvalue weighted by atomic mass is 10.1. The van der Waals surface area contributed by atoms with Crippen LogP contribution in [0.5, 0.6) is 0 Å². The van der Waals surface area contributed by atoms with Crippen molar-refractivity contribution in [3.8, 4) is 0 Å². The summed E-state index contributed by atoms with van der Waals surface area (Å²) in [5.74, 6) is 1.06. The molecule has 1 aliphatic rings. The van der Waals surface area contributed by atoms with Crippen LogP contribution in [0.4, 0.5) is 0 Å². The van der Waals surface area contributed by atoms with E-state index in [-0.39, 0.29) is 11.9 Å². The quantitative estimate of drug-likeness (QED) is 0.879. The summed E-state index contributed by atoms with van der Waals surface area (Å²) in [5.41, 5.74) is 1.15. The Hall–Kier alpha value is -2.25. The molecule has 3 rings (SSSR count). The molecule has 0 radical (unpaired) electrons. The predicted octanol–water partition coefficient (Wildman–Crippen LogP) is 1.25. The van der Waals surface area contributed by atoms with Crippen LogP contribution in [-0.2, 0) is 11.2 Å². The largest absolute Gasteiger partial charge is 0.384 e. The van der Waals surface area contributed by atoms with Gasteiger partial charge >= 0.3 is 0 Å². The van der Waals surface area contributed by atoms with Crippen molar-refractivity contribution in [2.24, 2.45) is 0 Å². The van der Waals surface area contributed by atoms with Gasteiger partial charge in [-0.2, -0.15) is 4.98 Å². The van der Waals surface area contributed by atoms with Crippen LogP contribution < -0.4 is 0 Å². The van der Waals surface area contributed by atoms with E-state index in [1.165, 1.54) is 6.92 Å². The van der Waals surface area contributed by atoms with Gasteiger partial charge in [0.1, 0.15) is 6.10 Å². The number of hydrogen-bond donors (Lipinski definition) is 1. The van der Waals surface area contributed by atoms with Crippen LogP contribution in [-0.4, -0.2) is 63.2 Å². The molecule has 1 aliphatic heterocycles. The van der Waals surface area contributed by atoms with Gasteiger partial charge in [-0.3, -0.25) is 9.69 Å². The average molecular weight is 344 g/mol. The lowest BCUT2D eigenvalue weighted by molar-refractivity contribution is -0.141. The number of amides is 1. The summed E-state index contributed by atoms with van der Waals surface area (Å²) in [6, 6.07) is 10.0. The lowest BCUT2D eigenvalue weighted by Crippen LogP contribution is -2.51. The van der Waals surface area contributed by atoms with Gasteiger partial charge in [0.15, 0.2) is 5.82 Å². The van der Waals surface area contributed by atoms with E-state index in [1.807, 2.05) is 37.3 Å². The van der Waals surface area contributed by atoms with Crippen LogP contribution in [0, 0.1) is 0 Å². The minimum atomic E-state index is -0.944. The second-order valence-corrected chi connectivity index (χ2v) is 6.42. The Kier molecular flexibility index (Phi) is 5.45. The maximum atomic E-state index is 11.8. The number of carbonyl (C=O) groups is 1. The Bertz CT molecular complexity index is 693. The molecule has 0 saturated carbocycles. The number of carbonyl (C=O) groups excluding carboxylic acids is 1. The molecule has 2 atom stereocenters. The minimum absolute atomic E-state index is 0.000764. The summed E-state index contributed by atoms with van der Waals surface area (Å²) >= 11 is 0. The third-order valence-corrected chi connectivity index (χ3v) is 4.58. The normalized spacial score (nSPS) is 18.1. The van der Waals surface area contributed by atoms with Gasteiger partial charge in [-0.15, -0.1) is 0 Å². The summed E-state index contributed by atoms with van der Waals surface area (Å²) in [5, 5.41) is 13.5. The van der Waals surface area contributed by atoms with Crippen molar-refractivity contribution in [2.75, 3.05) is 26.2 Å². The molecule has 2 heterocycles. The van der Waals surface area contributed by atoms with E-state index in [4.69, 9.17) is 4.52 Å². The van der Waals surface area contributed by atoms with E-state index in [0.717, 1.165) is 18.7 Å². The molecule has 25 heavy (non-hydrogen) atoms. The Morgan fingerprint density at radius 1 is 1.20 bits per heavy atom. The maximum Gasteiger partial charge on any atom is 0.251 e. The van der Waals surface area contributed by atoms with E-state index in [2.05, 4.69) is 15.0 Å². The molecule has 1 amide bonds. The van der Waals surface area contributed by atoms with Crippen molar-refractivity contribution in [3.63, 3.8) is 0 Å². The molecule has 2 aromatic rings. The molecule has 1 N–H and O–H groups in total. The molecule has 2 unspecified atom stereocenters. The molecule has 1 saturated heterocycles. The van der Waals surface area contributed by atoms with Gasteiger partial charge in [-0.1, -0.05) is 35.5 Å². The van der Waals surface area contributed by atoms with E-state index >= 15 is 0 Å². The fourth-order valence-electron chi connectivity index (χ4n) is 3.04. The molecular formula is C18H24N4O3. The maximum absolute atomic E-state index is 11.8. The van der Waals surface area contributed by atoms with Crippen molar-refractivity contribution in [3.05, 3.63) is 47.6 Å². The average Bonchev–Trinajstić information content (AvgIpc) is 3.10. The highest BCUT2D eigenvalue weighted by atomic mass is 16.5. The number of aliphatic hydroxyl groups excluding tert-OH is 1. The topological polar surface area (TPSA) is 82.7 Å². The van der Waals surface area contributed by atoms with Crippen LogP contribution in [0.3, 0.4) is 0 Å². The molecule has 0 aliphatic carbocycles. The van der Waals surface area contributed by atoms with Crippen molar-refractivity contribution >= 4 is 5.91 Å². The summed E-state index contributed by atoms with van der Waals surface area (Å²) < 4.78 is 5.44. The van der Waals surface area contributed by atoms with Gasteiger partial charge in [0.25, 0.3) is 5.91 Å². The number of piperazine rings is 1. The Labute approximate surface area is 147 Å². The van der Waals surface area contributed by atoms with E-state index in [9.17, 15) is 9.90 Å². The first-order chi connectivity index (χ1) is 12.0. The van der Waals surface area contributed by atoms with Crippen LogP contribution in [0.15, 0.2) is 34.9 Å². The van der Waals surface area contributed by atoms with Gasteiger partial charge in [0.2, 0.25) is 5.89 Å². The number of rotatable bonds is 5. The first kappa shape index (κ1) is 17.6. The molecule has 7 nitrogen and oxygen atoms in total. The number of hydrogen-bond acceptors (Lipinski definition) is 6. The molecule has 0 spiro atoms. The van der Waals surface area contributed by atoms with E-state index in [1.54, 1.807) is 4.90 Å². The van der Waals surface area contributed by atoms with Crippen LogP contribution >= 0.6 is 0 Å². The van der Waals surface area contributed by atoms with Crippen molar-refractivity contribution in [1.82, 2.24) is 19.9 Å². The van der Waals surface area contributed by atoms with Gasteiger partial charge < -0.3 is 14.5 Å². The van der Waals surface area contributed by atoms with Gasteiger partial charge in [-0.05, 0) is 19.4 Å². The van der Waals surface area contributed by atoms with Crippen molar-refractivity contribution in [2.45, 2.75) is 32.4 Å². The standard InChI is InChI=1S/C18H24N4O3/c1-13(21-8-10-22(11-9-21)18(24)14(2)23)17-19-16(20-25-17)12-15-6-4-3-5-7-15/h3-7,13-14,23H,8-12H2,1-2H3. The Balaban J connectivity index is 1.57. The first-order valence-electron chi connectivity index (χ1n) is 8.62. The highest BCUT2D eigenvalue weighted by Crippen LogP contribution is 2.21. The second kappa shape index (κ2) is 7.76. The van der Waals surface area contributed by atoms with E-state index in [0.29, 0.717) is 31.2 Å². The Morgan fingerprint density at radius 3 is 2.52 bits per heavy atom. The SMILES string of the molecule is CC(O)C(=O)N1CCN(C(C)c2nc(Cc3ccccc3)no2)CC1. The highest BCUT2D eigenvalue weighted by molar-refractivity contribution is 5.80. The van der Waals surface area contributed by atoms with Crippen LogP contribution in [0.1, 0.15) is 37.2 Å². The number of benzene rings is 1. The number of nitrogens with zero attached hydrogens (tertiary/aromatic N) is 4. The first-order valence-corrected chi connectivity index (χ1v) is 8.62. The molecule has 1 fully saturated rings. The third kappa shape index (κ3) is 4.24. The smallest absolute Gasteiger partial charge is 0.251 e. The zero-order valence-corrected chi connectivity index (χ0v) is 14.6. The molecule has 1 aromatic heterocycles. The number of aliphatic hydroxyl groups is 1. The van der Waals surface area contributed by atoms with Crippen LogP contribution in [0.2, 0.25) is 0 Å². The predicted molar refractivity (Wildman–Crippen MR) is 91.8 cm³/mol. The third-order valence-electron chi connectivity index (χ3n) is 4.58. The summed E-state index contributed by atoms with van der Waals surface area (Å²) in [6.45, 7) is 6.17. The number of aromatic nitrogens is 2. The summed E-state index contributed by atoms with van der Waals surface area (Å²) in [6.07, 6.45) is -0.297. The molecule has 134 valence electrons. The van der Waals surface area contributed by atoms with Gasteiger partial charge in [-0.25, -0.2) is 0 Å². The zero-order valence-electron chi connectivity index (χ0n) is 14.6. The molecule has 7 heteroatoms. The fraction of sp³-hybridized carbons (Fsp3) is 0.500. The molecule has 1 aromatic carbocycles. The fourth-order valence-corrected chi connectivity index (χ4v) is 3.04. The Morgan fingerprint density at radius 2 is 1.88 bits per heavy atom. The van der Waals surface area contributed by atoms with Crippen molar-refractivity contribution in [1.29, 1.82) is 0 Å². The van der Waals surface area contributed by atoms with Crippen molar-refractivity contribution < 1.29 is 14.4 Å². The monoisotopic (exact) mass is 344 g/mol. The summed E-state index contributed by atoms with van der Waals surface area (Å²) in [7, 11) is 0. The zero-order chi connectivity index (χ0) is 17.8.